The van der Waals surface area contributed by atoms with Gasteiger partial charge in [-0.3, -0.25) is 4.79 Å². The number of halogens is 1. The summed E-state index contributed by atoms with van der Waals surface area (Å²) in [6.07, 6.45) is -0.0625. The zero-order chi connectivity index (χ0) is 16.6. The van der Waals surface area contributed by atoms with Gasteiger partial charge < -0.3 is 5.32 Å². The quantitative estimate of drug-likeness (QED) is 0.897. The number of hydrazine groups is 1. The van der Waals surface area contributed by atoms with Crippen LogP contribution >= 0.6 is 0 Å². The first-order valence-corrected chi connectivity index (χ1v) is 8.67. The van der Waals surface area contributed by atoms with Crippen molar-refractivity contribution in [3.63, 3.8) is 0 Å². The molecule has 2 aromatic carbocycles. The number of anilines is 1. The Labute approximate surface area is 132 Å². The van der Waals surface area contributed by atoms with Crippen molar-refractivity contribution in [2.45, 2.75) is 6.17 Å². The van der Waals surface area contributed by atoms with Crippen molar-refractivity contribution in [2.75, 3.05) is 11.6 Å². The van der Waals surface area contributed by atoms with Crippen LogP contribution in [0.1, 0.15) is 22.1 Å². The van der Waals surface area contributed by atoms with Gasteiger partial charge in [0.25, 0.3) is 5.91 Å². The molecule has 23 heavy (non-hydrogen) atoms. The average Bonchev–Trinajstić information content (AvgIpc) is 2.50. The predicted molar refractivity (Wildman–Crippen MR) is 83.4 cm³/mol. The summed E-state index contributed by atoms with van der Waals surface area (Å²) < 4.78 is 37.3. The van der Waals surface area contributed by atoms with E-state index >= 15 is 0 Å². The minimum Gasteiger partial charge on any atom is -0.360 e. The second-order valence-corrected chi connectivity index (χ2v) is 6.88. The highest BCUT2D eigenvalue weighted by Crippen LogP contribution is 2.32. The van der Waals surface area contributed by atoms with Gasteiger partial charge in [0.15, 0.2) is 0 Å². The van der Waals surface area contributed by atoms with Crippen molar-refractivity contribution in [1.29, 1.82) is 0 Å². The van der Waals surface area contributed by atoms with Gasteiger partial charge in [-0.15, -0.1) is 4.83 Å². The number of benzene rings is 2. The van der Waals surface area contributed by atoms with Crippen LogP contribution in [0.5, 0.6) is 0 Å². The Balaban J connectivity index is 2.12. The number of sulfonamides is 1. The number of nitrogens with one attached hydrogen (secondary N) is 2. The van der Waals surface area contributed by atoms with Crippen LogP contribution in [0.15, 0.2) is 48.5 Å². The summed E-state index contributed by atoms with van der Waals surface area (Å²) in [5, 5.41) is 3.88. The summed E-state index contributed by atoms with van der Waals surface area (Å²) in [7, 11) is -3.72. The monoisotopic (exact) mass is 335 g/mol. The highest BCUT2D eigenvalue weighted by Gasteiger charge is 2.35. The van der Waals surface area contributed by atoms with E-state index in [4.69, 9.17) is 0 Å². The van der Waals surface area contributed by atoms with E-state index < -0.39 is 27.9 Å². The number of para-hydroxylation sites is 1. The van der Waals surface area contributed by atoms with Crippen molar-refractivity contribution < 1.29 is 17.6 Å². The lowest BCUT2D eigenvalue weighted by molar-refractivity contribution is 0.0630. The number of fused-ring (bicyclic) bond motifs is 1. The number of carbonyl (C=O) groups excluding carboxylic acids is 1. The molecule has 2 N–H and O–H groups in total. The Hall–Kier alpha value is -2.45. The number of amides is 1. The van der Waals surface area contributed by atoms with Crippen molar-refractivity contribution in [3.05, 3.63) is 65.5 Å². The molecule has 8 heteroatoms. The molecular weight excluding hydrogens is 321 g/mol. The van der Waals surface area contributed by atoms with Gasteiger partial charge in [-0.25, -0.2) is 17.8 Å². The van der Waals surface area contributed by atoms with Crippen molar-refractivity contribution >= 4 is 21.6 Å². The van der Waals surface area contributed by atoms with Gasteiger partial charge in [0.05, 0.1) is 11.8 Å². The molecule has 0 saturated carbocycles. The summed E-state index contributed by atoms with van der Waals surface area (Å²) in [6.45, 7) is 0. The molecule has 1 aliphatic heterocycles. The maximum Gasteiger partial charge on any atom is 0.273 e. The fourth-order valence-corrected chi connectivity index (χ4v) is 2.99. The molecule has 2 aromatic rings. The van der Waals surface area contributed by atoms with Crippen molar-refractivity contribution in [3.8, 4) is 0 Å². The molecule has 120 valence electrons. The van der Waals surface area contributed by atoms with Gasteiger partial charge in [-0.2, -0.15) is 0 Å². The van der Waals surface area contributed by atoms with E-state index in [2.05, 4.69) is 10.1 Å². The standard InChI is InChI=1S/C15H14FN3O3S/c1-23(21,22)18-19-14(10-6-2-4-8-12(10)16)17-13-9-5-3-7-11(13)15(19)20/h2-9,14,17-18H,1H3/t14-/m1/s1. The van der Waals surface area contributed by atoms with E-state index in [1.165, 1.54) is 18.2 Å². The topological polar surface area (TPSA) is 78.5 Å². The second kappa shape index (κ2) is 5.64. The van der Waals surface area contributed by atoms with Gasteiger partial charge in [0.1, 0.15) is 12.0 Å². The molecular formula is C15H14FN3O3S. The molecule has 1 amide bonds. The molecule has 0 aromatic heterocycles. The van der Waals surface area contributed by atoms with Crippen molar-refractivity contribution in [1.82, 2.24) is 9.84 Å². The first-order chi connectivity index (χ1) is 10.9. The second-order valence-electron chi connectivity index (χ2n) is 5.15. The first-order valence-electron chi connectivity index (χ1n) is 6.78. The maximum atomic E-state index is 14.1. The third-order valence-corrected chi connectivity index (χ3v) is 3.92. The fraction of sp³-hybridized carbons (Fsp3) is 0.133. The van der Waals surface area contributed by atoms with Crippen LogP contribution in [0, 0.1) is 5.82 Å². The van der Waals surface area contributed by atoms with E-state index in [-0.39, 0.29) is 5.56 Å². The summed E-state index contributed by atoms with van der Waals surface area (Å²) >= 11 is 0. The molecule has 1 aliphatic rings. The lowest BCUT2D eigenvalue weighted by Crippen LogP contribution is -2.52. The van der Waals surface area contributed by atoms with Gasteiger partial charge >= 0.3 is 0 Å². The van der Waals surface area contributed by atoms with E-state index in [1.807, 2.05) is 0 Å². The van der Waals surface area contributed by atoms with Gasteiger partial charge in [0, 0.05) is 11.3 Å². The normalized spacial score (nSPS) is 17.6. The molecule has 0 unspecified atom stereocenters. The third-order valence-electron chi connectivity index (χ3n) is 3.39. The van der Waals surface area contributed by atoms with Crippen LogP contribution in [0.4, 0.5) is 10.1 Å². The lowest BCUT2D eigenvalue weighted by Gasteiger charge is -2.37. The number of hydrogen-bond acceptors (Lipinski definition) is 4. The highest BCUT2D eigenvalue weighted by molar-refractivity contribution is 7.88. The Morgan fingerprint density at radius 3 is 2.48 bits per heavy atom. The number of carbonyl (C=O) groups is 1. The van der Waals surface area contributed by atoms with E-state index in [0.29, 0.717) is 11.3 Å². The highest BCUT2D eigenvalue weighted by atomic mass is 32.2. The Bertz CT molecular complexity index is 870. The van der Waals surface area contributed by atoms with Crippen LogP contribution in [0.2, 0.25) is 0 Å². The van der Waals surface area contributed by atoms with Crippen LogP contribution in [0.3, 0.4) is 0 Å². The molecule has 3 rings (SSSR count). The molecule has 0 radical (unpaired) electrons. The molecule has 0 bridgehead atoms. The number of nitrogens with zero attached hydrogens (tertiary/aromatic N) is 1. The molecule has 6 nitrogen and oxygen atoms in total. The predicted octanol–water partition coefficient (Wildman–Crippen LogP) is 1.86. The molecule has 0 saturated heterocycles. The Morgan fingerprint density at radius 1 is 1.13 bits per heavy atom. The Morgan fingerprint density at radius 2 is 1.78 bits per heavy atom. The lowest BCUT2D eigenvalue weighted by atomic mass is 10.0. The minimum atomic E-state index is -3.72. The summed E-state index contributed by atoms with van der Waals surface area (Å²) in [5.74, 6) is -1.10. The third kappa shape index (κ3) is 3.03. The Kier molecular flexibility index (Phi) is 3.78. The van der Waals surface area contributed by atoms with Crippen LogP contribution in [-0.2, 0) is 10.0 Å². The van der Waals surface area contributed by atoms with E-state index in [9.17, 15) is 17.6 Å². The summed E-state index contributed by atoms with van der Waals surface area (Å²) in [6, 6.07) is 12.5. The van der Waals surface area contributed by atoms with Gasteiger partial charge in [0.2, 0.25) is 10.0 Å². The molecule has 0 spiro atoms. The van der Waals surface area contributed by atoms with Crippen LogP contribution < -0.4 is 10.1 Å². The number of rotatable bonds is 3. The molecule has 0 aliphatic carbocycles. The maximum absolute atomic E-state index is 14.1. The largest absolute Gasteiger partial charge is 0.360 e. The molecule has 1 heterocycles. The minimum absolute atomic E-state index is 0.159. The van der Waals surface area contributed by atoms with Crippen LogP contribution in [0.25, 0.3) is 0 Å². The average molecular weight is 335 g/mol. The first kappa shape index (κ1) is 15.4. The molecule has 1 atom stereocenters. The summed E-state index contributed by atoms with van der Waals surface area (Å²) in [5.41, 5.74) is 0.972. The zero-order valence-electron chi connectivity index (χ0n) is 12.2. The van der Waals surface area contributed by atoms with Gasteiger partial charge in [-0.05, 0) is 18.2 Å². The van der Waals surface area contributed by atoms with E-state index in [0.717, 1.165) is 11.3 Å². The summed E-state index contributed by atoms with van der Waals surface area (Å²) in [4.78, 5) is 14.8. The van der Waals surface area contributed by atoms with Crippen LogP contribution in [-0.4, -0.2) is 25.6 Å². The van der Waals surface area contributed by atoms with Crippen molar-refractivity contribution in [2.24, 2.45) is 0 Å². The number of hydrogen-bond donors (Lipinski definition) is 2. The van der Waals surface area contributed by atoms with Gasteiger partial charge in [-0.1, -0.05) is 30.3 Å². The molecule has 0 fully saturated rings. The fourth-order valence-electron chi connectivity index (χ4n) is 2.44. The SMILES string of the molecule is CS(=O)(=O)NN1C(=O)c2ccccc2N[C@H]1c1ccccc1F. The smallest absolute Gasteiger partial charge is 0.273 e. The zero-order valence-corrected chi connectivity index (χ0v) is 13.0. The van der Waals surface area contributed by atoms with E-state index in [1.54, 1.807) is 30.3 Å².